The van der Waals surface area contributed by atoms with E-state index < -0.39 is 0 Å². The smallest absolute Gasteiger partial charge is 0.251 e. The highest BCUT2D eigenvalue weighted by Gasteiger charge is 2.19. The Morgan fingerprint density at radius 2 is 1.39 bits per heavy atom. The summed E-state index contributed by atoms with van der Waals surface area (Å²) in [4.78, 5) is 25.1. The fraction of sp³-hybridized carbons (Fsp3) is 0.231. The summed E-state index contributed by atoms with van der Waals surface area (Å²) >= 11 is 0. The zero-order valence-electron chi connectivity index (χ0n) is 17.9. The minimum Gasteiger partial charge on any atom is -0.494 e. The van der Waals surface area contributed by atoms with Crippen molar-refractivity contribution in [2.24, 2.45) is 0 Å². The van der Waals surface area contributed by atoms with Crippen LogP contribution < -0.4 is 15.4 Å². The van der Waals surface area contributed by atoms with E-state index in [0.717, 1.165) is 16.9 Å². The highest BCUT2D eigenvalue weighted by Crippen LogP contribution is 2.24. The summed E-state index contributed by atoms with van der Waals surface area (Å²) < 4.78 is 5.53. The minimum absolute atomic E-state index is 0.136. The standard InChI is InChI=1S/C26H28N2O3/c1-3-31-23-16-14-21(15-17-23)25(20-10-6-4-7-11-20)28-24(29)18-19(2)27-26(30)22-12-8-5-9-13-22/h4-17,19,25H,3,18H2,1-2H3,(H,27,30)(H,28,29)/t19-,25+/m0/s1. The molecular formula is C26H28N2O3. The van der Waals surface area contributed by atoms with E-state index in [9.17, 15) is 9.59 Å². The summed E-state index contributed by atoms with van der Waals surface area (Å²) in [5, 5.41) is 6.00. The summed E-state index contributed by atoms with van der Waals surface area (Å²) in [5.41, 5.74) is 2.52. The van der Waals surface area contributed by atoms with Gasteiger partial charge in [0.1, 0.15) is 5.75 Å². The zero-order chi connectivity index (χ0) is 22.1. The number of rotatable bonds is 9. The molecule has 0 unspecified atom stereocenters. The average molecular weight is 417 g/mol. The Bertz CT molecular complexity index is 973. The second kappa shape index (κ2) is 11.0. The fourth-order valence-electron chi connectivity index (χ4n) is 3.37. The fourth-order valence-corrected chi connectivity index (χ4v) is 3.37. The minimum atomic E-state index is -0.301. The van der Waals surface area contributed by atoms with Crippen LogP contribution in [0.2, 0.25) is 0 Å². The van der Waals surface area contributed by atoms with Crippen molar-refractivity contribution in [3.05, 3.63) is 102 Å². The van der Waals surface area contributed by atoms with Gasteiger partial charge in [0.05, 0.1) is 12.6 Å². The molecule has 3 aromatic rings. The third-order valence-corrected chi connectivity index (χ3v) is 4.87. The van der Waals surface area contributed by atoms with Crippen LogP contribution in [0.1, 0.15) is 47.8 Å². The van der Waals surface area contributed by atoms with Gasteiger partial charge in [-0.25, -0.2) is 0 Å². The molecular weight excluding hydrogens is 388 g/mol. The molecule has 31 heavy (non-hydrogen) atoms. The van der Waals surface area contributed by atoms with Crippen LogP contribution >= 0.6 is 0 Å². The molecule has 0 aromatic heterocycles. The summed E-state index contributed by atoms with van der Waals surface area (Å²) in [6.45, 7) is 4.37. The number of ether oxygens (including phenoxy) is 1. The van der Waals surface area contributed by atoms with E-state index in [4.69, 9.17) is 4.74 Å². The van der Waals surface area contributed by atoms with Crippen molar-refractivity contribution >= 4 is 11.8 Å². The lowest BCUT2D eigenvalue weighted by molar-refractivity contribution is -0.121. The van der Waals surface area contributed by atoms with E-state index >= 15 is 0 Å². The molecule has 0 aliphatic carbocycles. The molecule has 0 aliphatic heterocycles. The quantitative estimate of drug-likeness (QED) is 0.540. The molecule has 0 aliphatic rings. The molecule has 2 amide bonds. The van der Waals surface area contributed by atoms with Gasteiger partial charge in [-0.3, -0.25) is 9.59 Å². The first-order valence-electron chi connectivity index (χ1n) is 10.5. The van der Waals surface area contributed by atoms with Crippen molar-refractivity contribution < 1.29 is 14.3 Å². The Morgan fingerprint density at radius 3 is 2.00 bits per heavy atom. The summed E-state index contributed by atoms with van der Waals surface area (Å²) in [6.07, 6.45) is 0.180. The topological polar surface area (TPSA) is 67.4 Å². The number of nitrogens with one attached hydrogen (secondary N) is 2. The van der Waals surface area contributed by atoms with Crippen molar-refractivity contribution in [2.75, 3.05) is 6.61 Å². The van der Waals surface area contributed by atoms with Gasteiger partial charge in [-0.2, -0.15) is 0 Å². The zero-order valence-corrected chi connectivity index (χ0v) is 17.9. The number of hydrogen-bond donors (Lipinski definition) is 2. The van der Waals surface area contributed by atoms with Crippen LogP contribution in [-0.4, -0.2) is 24.5 Å². The summed E-state index contributed by atoms with van der Waals surface area (Å²) in [6, 6.07) is 26.0. The first-order chi connectivity index (χ1) is 15.1. The predicted molar refractivity (Wildman–Crippen MR) is 122 cm³/mol. The van der Waals surface area contributed by atoms with Crippen LogP contribution in [0.15, 0.2) is 84.9 Å². The number of carbonyl (C=O) groups excluding carboxylic acids is 2. The highest BCUT2D eigenvalue weighted by molar-refractivity contribution is 5.94. The molecule has 5 heteroatoms. The largest absolute Gasteiger partial charge is 0.494 e. The first-order valence-corrected chi connectivity index (χ1v) is 10.5. The molecule has 160 valence electrons. The van der Waals surface area contributed by atoms with Gasteiger partial charge in [0.15, 0.2) is 0 Å². The molecule has 2 atom stereocenters. The normalized spacial score (nSPS) is 12.5. The predicted octanol–water partition coefficient (Wildman–Crippen LogP) is 4.50. The third kappa shape index (κ3) is 6.44. The van der Waals surface area contributed by atoms with E-state index in [0.29, 0.717) is 12.2 Å². The van der Waals surface area contributed by atoms with Gasteiger partial charge in [0.25, 0.3) is 5.91 Å². The van der Waals surface area contributed by atoms with Crippen molar-refractivity contribution in [1.82, 2.24) is 10.6 Å². The SMILES string of the molecule is CCOc1ccc([C@H](NC(=O)C[C@H](C)NC(=O)c2ccccc2)c2ccccc2)cc1. The number of amides is 2. The second-order valence-electron chi connectivity index (χ2n) is 7.36. The Hall–Kier alpha value is -3.60. The van der Waals surface area contributed by atoms with Crippen molar-refractivity contribution in [3.8, 4) is 5.75 Å². The maximum Gasteiger partial charge on any atom is 0.251 e. The van der Waals surface area contributed by atoms with Gasteiger partial charge < -0.3 is 15.4 Å². The van der Waals surface area contributed by atoms with E-state index in [-0.39, 0.29) is 30.3 Å². The summed E-state index contributed by atoms with van der Waals surface area (Å²) in [5.74, 6) is 0.470. The van der Waals surface area contributed by atoms with Gasteiger partial charge in [0.2, 0.25) is 5.91 Å². The molecule has 0 fully saturated rings. The van der Waals surface area contributed by atoms with Gasteiger partial charge in [0, 0.05) is 18.0 Å². The molecule has 0 saturated heterocycles. The number of hydrogen-bond acceptors (Lipinski definition) is 3. The van der Waals surface area contributed by atoms with Crippen LogP contribution in [0.4, 0.5) is 0 Å². The monoisotopic (exact) mass is 416 g/mol. The van der Waals surface area contributed by atoms with E-state index in [1.165, 1.54) is 0 Å². The average Bonchev–Trinajstić information content (AvgIpc) is 2.79. The highest BCUT2D eigenvalue weighted by atomic mass is 16.5. The van der Waals surface area contributed by atoms with Crippen LogP contribution in [0.3, 0.4) is 0 Å². The van der Waals surface area contributed by atoms with Gasteiger partial charge in [-0.1, -0.05) is 60.7 Å². The molecule has 5 nitrogen and oxygen atoms in total. The van der Waals surface area contributed by atoms with Crippen molar-refractivity contribution in [1.29, 1.82) is 0 Å². The molecule has 3 rings (SSSR count). The van der Waals surface area contributed by atoms with Crippen molar-refractivity contribution in [2.45, 2.75) is 32.4 Å². The molecule has 0 heterocycles. The Kier molecular flexibility index (Phi) is 7.82. The maximum absolute atomic E-state index is 12.8. The maximum atomic E-state index is 12.8. The van der Waals surface area contributed by atoms with Crippen LogP contribution in [0.25, 0.3) is 0 Å². The first kappa shape index (κ1) is 22.1. The van der Waals surface area contributed by atoms with Gasteiger partial charge in [-0.15, -0.1) is 0 Å². The molecule has 0 radical (unpaired) electrons. The number of carbonyl (C=O) groups is 2. The van der Waals surface area contributed by atoms with Gasteiger partial charge >= 0.3 is 0 Å². The molecule has 0 saturated carbocycles. The Morgan fingerprint density at radius 1 is 0.806 bits per heavy atom. The molecule has 0 bridgehead atoms. The number of benzene rings is 3. The molecule has 3 aromatic carbocycles. The second-order valence-corrected chi connectivity index (χ2v) is 7.36. The lowest BCUT2D eigenvalue weighted by atomic mass is 9.98. The lowest BCUT2D eigenvalue weighted by Gasteiger charge is -2.22. The Balaban J connectivity index is 1.67. The van der Waals surface area contributed by atoms with Crippen LogP contribution in [-0.2, 0) is 4.79 Å². The molecule has 2 N–H and O–H groups in total. The van der Waals surface area contributed by atoms with Gasteiger partial charge in [-0.05, 0) is 49.2 Å². The third-order valence-electron chi connectivity index (χ3n) is 4.87. The van der Waals surface area contributed by atoms with E-state index in [2.05, 4.69) is 10.6 Å². The van der Waals surface area contributed by atoms with E-state index in [1.54, 1.807) is 12.1 Å². The van der Waals surface area contributed by atoms with Crippen LogP contribution in [0.5, 0.6) is 5.75 Å². The summed E-state index contributed by atoms with van der Waals surface area (Å²) in [7, 11) is 0. The van der Waals surface area contributed by atoms with E-state index in [1.807, 2.05) is 86.6 Å². The molecule has 0 spiro atoms. The van der Waals surface area contributed by atoms with Crippen LogP contribution in [0, 0.1) is 0 Å². The van der Waals surface area contributed by atoms with Crippen molar-refractivity contribution in [3.63, 3.8) is 0 Å². The Labute approximate surface area is 183 Å². The lowest BCUT2D eigenvalue weighted by Crippen LogP contribution is -2.38.